The molecule has 4 rings (SSSR count). The Kier molecular flexibility index (Phi) is 9.34. The van der Waals surface area contributed by atoms with Gasteiger partial charge in [0, 0.05) is 4.90 Å². The highest BCUT2D eigenvalue weighted by atomic mass is 32.2. The summed E-state index contributed by atoms with van der Waals surface area (Å²) < 4.78 is 23.7. The zero-order valence-corrected chi connectivity index (χ0v) is 20.4. The van der Waals surface area contributed by atoms with Crippen LogP contribution in [0.3, 0.4) is 0 Å². The van der Waals surface area contributed by atoms with E-state index < -0.39 is 35.8 Å². The number of aliphatic hydroxyl groups is 1. The van der Waals surface area contributed by atoms with Crippen molar-refractivity contribution in [1.82, 2.24) is 0 Å². The SMILES string of the molecule is COC(=O)CC1O[C@@H](Sc2ccccc2)C(OCc2ccccc2)[C@H](OCc2ccccc2)[C@@H]1O. The smallest absolute Gasteiger partial charge is 0.308 e. The third-order valence-corrected chi connectivity index (χ3v) is 6.94. The summed E-state index contributed by atoms with van der Waals surface area (Å²) in [5.41, 5.74) is 1.47. The zero-order chi connectivity index (χ0) is 24.5. The molecule has 0 aromatic heterocycles. The molecule has 35 heavy (non-hydrogen) atoms. The summed E-state index contributed by atoms with van der Waals surface area (Å²) in [7, 11) is 1.32. The van der Waals surface area contributed by atoms with E-state index in [0.717, 1.165) is 16.0 Å². The van der Waals surface area contributed by atoms with Gasteiger partial charge >= 0.3 is 5.97 Å². The van der Waals surface area contributed by atoms with Crippen LogP contribution in [-0.4, -0.2) is 48.0 Å². The molecule has 1 N–H and O–H groups in total. The molecular formula is C28H30O6S. The van der Waals surface area contributed by atoms with Crippen LogP contribution in [0.4, 0.5) is 0 Å². The van der Waals surface area contributed by atoms with Crippen molar-refractivity contribution in [3.8, 4) is 0 Å². The first-order chi connectivity index (χ1) is 17.1. The van der Waals surface area contributed by atoms with Crippen molar-refractivity contribution < 1.29 is 28.8 Å². The third kappa shape index (κ3) is 7.16. The van der Waals surface area contributed by atoms with E-state index in [1.54, 1.807) is 0 Å². The highest BCUT2D eigenvalue weighted by Gasteiger charge is 2.48. The number of ether oxygens (including phenoxy) is 4. The average molecular weight is 495 g/mol. The summed E-state index contributed by atoms with van der Waals surface area (Å²) in [5, 5.41) is 11.3. The number of hydrogen-bond acceptors (Lipinski definition) is 7. The summed E-state index contributed by atoms with van der Waals surface area (Å²) >= 11 is 1.48. The van der Waals surface area contributed by atoms with Gasteiger partial charge < -0.3 is 24.1 Å². The molecule has 1 aliphatic heterocycles. The molecule has 1 heterocycles. The number of rotatable bonds is 10. The van der Waals surface area contributed by atoms with Crippen LogP contribution >= 0.6 is 11.8 Å². The lowest BCUT2D eigenvalue weighted by atomic mass is 9.97. The molecule has 3 aromatic carbocycles. The first-order valence-electron chi connectivity index (χ1n) is 11.6. The molecule has 0 saturated carbocycles. The van der Waals surface area contributed by atoms with Crippen LogP contribution in [0.25, 0.3) is 0 Å². The maximum Gasteiger partial charge on any atom is 0.308 e. The second-order valence-electron chi connectivity index (χ2n) is 8.27. The van der Waals surface area contributed by atoms with Gasteiger partial charge in [-0.3, -0.25) is 4.79 Å². The van der Waals surface area contributed by atoms with Gasteiger partial charge in [-0.2, -0.15) is 0 Å². The predicted octanol–water partition coefficient (Wildman–Crippen LogP) is 4.60. The monoisotopic (exact) mass is 494 g/mol. The van der Waals surface area contributed by atoms with Crippen molar-refractivity contribution in [2.75, 3.05) is 7.11 Å². The molecule has 1 fully saturated rings. The summed E-state index contributed by atoms with van der Waals surface area (Å²) in [4.78, 5) is 13.1. The van der Waals surface area contributed by atoms with Crippen molar-refractivity contribution in [3.63, 3.8) is 0 Å². The van der Waals surface area contributed by atoms with Crippen LogP contribution in [0.2, 0.25) is 0 Å². The van der Waals surface area contributed by atoms with E-state index in [2.05, 4.69) is 0 Å². The highest BCUT2D eigenvalue weighted by Crippen LogP contribution is 2.37. The Hall–Kier alpha value is -2.68. The lowest BCUT2D eigenvalue weighted by Crippen LogP contribution is -2.58. The van der Waals surface area contributed by atoms with E-state index in [4.69, 9.17) is 18.9 Å². The maximum absolute atomic E-state index is 12.1. The lowest BCUT2D eigenvalue weighted by molar-refractivity contribution is -0.233. The minimum atomic E-state index is -1.08. The molecule has 3 aromatic rings. The van der Waals surface area contributed by atoms with Gasteiger partial charge in [0.1, 0.15) is 23.7 Å². The number of thioether (sulfide) groups is 1. The molecular weight excluding hydrogens is 464 g/mol. The predicted molar refractivity (Wildman–Crippen MR) is 134 cm³/mol. The normalized spacial score (nSPS) is 24.1. The summed E-state index contributed by atoms with van der Waals surface area (Å²) in [6.07, 6.45) is -3.26. The Morgan fingerprint density at radius 2 is 1.34 bits per heavy atom. The van der Waals surface area contributed by atoms with Gasteiger partial charge in [0.05, 0.1) is 32.8 Å². The van der Waals surface area contributed by atoms with Crippen LogP contribution in [-0.2, 0) is 37.0 Å². The topological polar surface area (TPSA) is 74.2 Å². The molecule has 5 atom stereocenters. The summed E-state index contributed by atoms with van der Waals surface area (Å²) in [6, 6.07) is 29.4. The number of carbonyl (C=O) groups excluding carboxylic acids is 1. The Bertz CT molecular complexity index is 1030. The molecule has 1 saturated heterocycles. The minimum Gasteiger partial charge on any atom is -0.469 e. The zero-order valence-electron chi connectivity index (χ0n) is 19.6. The number of carbonyl (C=O) groups is 1. The number of methoxy groups -OCH3 is 1. The molecule has 2 unspecified atom stereocenters. The first-order valence-corrected chi connectivity index (χ1v) is 12.4. The largest absolute Gasteiger partial charge is 0.469 e. The minimum absolute atomic E-state index is 0.0832. The Balaban J connectivity index is 1.60. The highest BCUT2D eigenvalue weighted by molar-refractivity contribution is 7.99. The van der Waals surface area contributed by atoms with Crippen molar-refractivity contribution in [2.45, 2.75) is 54.4 Å². The number of benzene rings is 3. The van der Waals surface area contributed by atoms with Gasteiger partial charge in [-0.15, -0.1) is 0 Å². The molecule has 1 aliphatic rings. The fraction of sp³-hybridized carbons (Fsp3) is 0.321. The van der Waals surface area contributed by atoms with E-state index in [-0.39, 0.29) is 6.42 Å². The van der Waals surface area contributed by atoms with E-state index >= 15 is 0 Å². The van der Waals surface area contributed by atoms with E-state index in [0.29, 0.717) is 13.2 Å². The standard InChI is InChI=1S/C28H30O6S/c1-31-24(29)17-23-25(30)26(32-18-20-11-5-2-6-12-20)27(33-19-21-13-7-3-8-14-21)28(34-23)35-22-15-9-4-10-16-22/h2-16,23,25-28,30H,17-19H2,1H3/t23?,25-,26-,27?,28+/m1/s1. The Morgan fingerprint density at radius 1 is 0.829 bits per heavy atom. The third-order valence-electron chi connectivity index (χ3n) is 5.78. The molecule has 0 radical (unpaired) electrons. The van der Waals surface area contributed by atoms with Gasteiger partial charge in [0.15, 0.2) is 0 Å². The number of aliphatic hydroxyl groups excluding tert-OH is 1. The van der Waals surface area contributed by atoms with Crippen molar-refractivity contribution in [3.05, 3.63) is 102 Å². The van der Waals surface area contributed by atoms with Gasteiger partial charge in [-0.05, 0) is 23.3 Å². The summed E-state index contributed by atoms with van der Waals surface area (Å²) in [5.74, 6) is -0.456. The molecule has 184 valence electrons. The molecule has 6 nitrogen and oxygen atoms in total. The van der Waals surface area contributed by atoms with Crippen LogP contribution in [0.1, 0.15) is 17.5 Å². The lowest BCUT2D eigenvalue weighted by Gasteiger charge is -2.44. The second-order valence-corrected chi connectivity index (χ2v) is 9.44. The number of hydrogen-bond donors (Lipinski definition) is 1. The van der Waals surface area contributed by atoms with Crippen LogP contribution in [0.15, 0.2) is 95.9 Å². The van der Waals surface area contributed by atoms with Crippen LogP contribution in [0, 0.1) is 0 Å². The first kappa shape index (κ1) is 25.4. The Labute approximate surface area is 210 Å². The quantitative estimate of drug-likeness (QED) is 0.413. The molecule has 0 amide bonds. The van der Waals surface area contributed by atoms with E-state index in [1.807, 2.05) is 91.0 Å². The molecule has 7 heteroatoms. The van der Waals surface area contributed by atoms with Gasteiger partial charge in [0.25, 0.3) is 0 Å². The van der Waals surface area contributed by atoms with Gasteiger partial charge in [-0.25, -0.2) is 0 Å². The average Bonchev–Trinajstić information content (AvgIpc) is 2.90. The van der Waals surface area contributed by atoms with Crippen molar-refractivity contribution in [1.29, 1.82) is 0 Å². The molecule has 0 aliphatic carbocycles. The van der Waals surface area contributed by atoms with Crippen molar-refractivity contribution >= 4 is 17.7 Å². The maximum atomic E-state index is 12.1. The van der Waals surface area contributed by atoms with Crippen LogP contribution in [0.5, 0.6) is 0 Å². The van der Waals surface area contributed by atoms with Crippen LogP contribution < -0.4 is 0 Å². The Morgan fingerprint density at radius 3 is 1.89 bits per heavy atom. The number of esters is 1. The van der Waals surface area contributed by atoms with E-state index in [1.165, 1.54) is 18.9 Å². The van der Waals surface area contributed by atoms with Gasteiger partial charge in [0.2, 0.25) is 0 Å². The molecule has 0 spiro atoms. The second kappa shape index (κ2) is 12.9. The van der Waals surface area contributed by atoms with Gasteiger partial charge in [-0.1, -0.05) is 90.6 Å². The summed E-state index contributed by atoms with van der Waals surface area (Å²) in [6.45, 7) is 0.627. The van der Waals surface area contributed by atoms with Crippen molar-refractivity contribution in [2.24, 2.45) is 0 Å². The molecule has 0 bridgehead atoms. The fourth-order valence-electron chi connectivity index (χ4n) is 3.94. The van der Waals surface area contributed by atoms with E-state index in [9.17, 15) is 9.90 Å². The fourth-order valence-corrected chi connectivity index (χ4v) is 5.08.